The van der Waals surface area contributed by atoms with E-state index in [0.717, 1.165) is 66.4 Å². The lowest BCUT2D eigenvalue weighted by molar-refractivity contribution is 1.48. The van der Waals surface area contributed by atoms with Crippen LogP contribution < -0.4 is 0 Å². The smallest absolute Gasteiger partial charge is 0.187 e. The van der Waals surface area contributed by atoms with Gasteiger partial charge in [-0.05, 0) is 142 Å². The molecule has 0 saturated carbocycles. The Morgan fingerprint density at radius 1 is 0.339 bits per heavy atom. The van der Waals surface area contributed by atoms with Gasteiger partial charge in [0.2, 0.25) is 0 Å². The molecule has 0 aromatic heterocycles. The Morgan fingerprint density at radius 3 is 1.16 bits per heavy atom. The van der Waals surface area contributed by atoms with Crippen LogP contribution in [0.2, 0.25) is 0 Å². The van der Waals surface area contributed by atoms with Gasteiger partial charge >= 0.3 is 0 Å². The summed E-state index contributed by atoms with van der Waals surface area (Å²) in [5.74, 6) is 0. The first-order valence-corrected chi connectivity index (χ1v) is 18.8. The summed E-state index contributed by atoms with van der Waals surface area (Å²) in [7, 11) is 0. The minimum absolute atomic E-state index is 0.612. The highest BCUT2D eigenvalue weighted by Crippen LogP contribution is 2.49. The quantitative estimate of drug-likeness (QED) is 0.125. The van der Waals surface area contributed by atoms with Gasteiger partial charge in [0.25, 0.3) is 0 Å². The highest BCUT2D eigenvalue weighted by atomic mass is 14.6. The molecule has 2 nitrogen and oxygen atoms in total. The van der Waals surface area contributed by atoms with Gasteiger partial charge in [0.1, 0.15) is 0 Å². The fourth-order valence-electron chi connectivity index (χ4n) is 8.44. The van der Waals surface area contributed by atoms with E-state index in [9.17, 15) is 5.26 Å². The van der Waals surface area contributed by atoms with Gasteiger partial charge in [-0.2, -0.15) is 5.26 Å². The first kappa shape index (κ1) is 32.8. The molecule has 0 aliphatic carbocycles. The van der Waals surface area contributed by atoms with Crippen LogP contribution in [0.4, 0.5) is 5.69 Å². The van der Waals surface area contributed by atoms with E-state index in [-0.39, 0.29) is 0 Å². The lowest BCUT2D eigenvalue weighted by Gasteiger charge is -2.22. The van der Waals surface area contributed by atoms with Crippen LogP contribution in [-0.4, -0.2) is 0 Å². The molecule has 0 heterocycles. The molecule has 10 aromatic carbocycles. The third kappa shape index (κ3) is 5.57. The van der Waals surface area contributed by atoms with Crippen LogP contribution in [0.1, 0.15) is 5.56 Å². The van der Waals surface area contributed by atoms with Gasteiger partial charge in [0.15, 0.2) is 5.69 Å². The van der Waals surface area contributed by atoms with Crippen LogP contribution in [0.25, 0.3) is 104 Å². The lowest BCUT2D eigenvalue weighted by atomic mass is 9.81. The van der Waals surface area contributed by atoms with Crippen LogP contribution in [0, 0.1) is 17.9 Å². The van der Waals surface area contributed by atoms with E-state index in [2.05, 4.69) is 163 Å². The van der Waals surface area contributed by atoms with Crippen molar-refractivity contribution in [2.24, 2.45) is 0 Å². The summed E-state index contributed by atoms with van der Waals surface area (Å²) in [4.78, 5) is 3.80. The van der Waals surface area contributed by atoms with Crippen molar-refractivity contribution >= 4 is 38.0 Å². The van der Waals surface area contributed by atoms with Crippen LogP contribution in [0.3, 0.4) is 0 Å². The standard InChI is InChI=1S/C54H32N2/c1-56-44-23-11-22-43(31-44)52-33-51(42-21-10-18-39(30-42)37-15-6-3-7-16-37)47-25-24-45-49(40-19-8-12-35(28-40)34-55)32-50(46-26-27-48(52)54(47)53(45)46)41-20-9-17-38(29-41)36-13-4-2-5-14-36/h2-33H. The Morgan fingerprint density at radius 2 is 0.714 bits per heavy atom. The van der Waals surface area contributed by atoms with Crippen LogP contribution in [0.5, 0.6) is 0 Å². The van der Waals surface area contributed by atoms with Crippen molar-refractivity contribution in [2.45, 2.75) is 0 Å². The molecule has 0 saturated heterocycles. The van der Waals surface area contributed by atoms with Gasteiger partial charge in [0, 0.05) is 0 Å². The minimum Gasteiger partial charge on any atom is -0.238 e. The van der Waals surface area contributed by atoms with Crippen LogP contribution in [0.15, 0.2) is 194 Å². The normalized spacial score (nSPS) is 11.2. The molecule has 0 unspecified atom stereocenters. The molecule has 10 aromatic rings. The van der Waals surface area contributed by atoms with Gasteiger partial charge in [-0.25, -0.2) is 4.85 Å². The summed E-state index contributed by atoms with van der Waals surface area (Å²) >= 11 is 0. The Hall–Kier alpha value is -7.78. The summed E-state index contributed by atoms with van der Waals surface area (Å²) in [6.07, 6.45) is 0. The molecular weight excluding hydrogens is 677 g/mol. The summed E-state index contributed by atoms with van der Waals surface area (Å²) in [5, 5.41) is 16.9. The Kier molecular flexibility index (Phi) is 7.96. The molecule has 0 atom stereocenters. The zero-order valence-corrected chi connectivity index (χ0v) is 30.4. The predicted octanol–water partition coefficient (Wildman–Crippen LogP) is 15.0. The molecule has 0 aliphatic heterocycles. The molecule has 0 aliphatic rings. The minimum atomic E-state index is 0.612. The van der Waals surface area contributed by atoms with Crippen LogP contribution >= 0.6 is 0 Å². The maximum atomic E-state index is 9.95. The van der Waals surface area contributed by atoms with Gasteiger partial charge in [-0.15, -0.1) is 0 Å². The van der Waals surface area contributed by atoms with E-state index in [1.165, 1.54) is 32.7 Å². The van der Waals surface area contributed by atoms with E-state index >= 15 is 0 Å². The van der Waals surface area contributed by atoms with E-state index in [1.54, 1.807) is 0 Å². The third-order valence-corrected chi connectivity index (χ3v) is 11.0. The molecule has 0 N–H and O–H groups in total. The predicted molar refractivity (Wildman–Crippen MR) is 234 cm³/mol. The molecule has 0 radical (unpaired) electrons. The van der Waals surface area contributed by atoms with Gasteiger partial charge in [-0.3, -0.25) is 0 Å². The largest absolute Gasteiger partial charge is 0.238 e. The second kappa shape index (κ2) is 13.6. The van der Waals surface area contributed by atoms with Gasteiger partial charge in [0.05, 0.1) is 18.2 Å². The maximum absolute atomic E-state index is 9.95. The van der Waals surface area contributed by atoms with E-state index in [4.69, 9.17) is 6.57 Å². The fraction of sp³-hybridized carbons (Fsp3) is 0. The molecule has 10 rings (SSSR count). The summed E-state index contributed by atoms with van der Waals surface area (Å²) < 4.78 is 0. The number of hydrogen-bond acceptors (Lipinski definition) is 1. The van der Waals surface area contributed by atoms with Crippen molar-refractivity contribution < 1.29 is 0 Å². The molecule has 0 fully saturated rings. The molecule has 2 heteroatoms. The van der Waals surface area contributed by atoms with Crippen LogP contribution in [-0.2, 0) is 0 Å². The number of nitriles is 1. The van der Waals surface area contributed by atoms with Crippen molar-refractivity contribution in [1.82, 2.24) is 0 Å². The van der Waals surface area contributed by atoms with Crippen molar-refractivity contribution in [3.05, 3.63) is 211 Å². The molecule has 0 bridgehead atoms. The lowest BCUT2D eigenvalue weighted by Crippen LogP contribution is -1.95. The Labute approximate surface area is 326 Å². The average molecular weight is 709 g/mol. The number of benzene rings is 10. The Bertz CT molecular complexity index is 2980. The van der Waals surface area contributed by atoms with E-state index < -0.39 is 0 Å². The SMILES string of the molecule is [C-]#[N+]c1cccc(-c2cc(-c3cccc(-c4ccccc4)c3)c3ccc4c(-c5cccc(C#N)c5)cc(-c5cccc(-c6ccccc6)c5)c5ccc2c3c45)c1. The van der Waals surface area contributed by atoms with Gasteiger partial charge in [-0.1, -0.05) is 152 Å². The first-order chi connectivity index (χ1) is 27.7. The maximum Gasteiger partial charge on any atom is 0.187 e. The first-order valence-electron chi connectivity index (χ1n) is 18.8. The van der Waals surface area contributed by atoms with Crippen molar-refractivity contribution in [1.29, 1.82) is 5.26 Å². The molecule has 56 heavy (non-hydrogen) atoms. The zero-order valence-electron chi connectivity index (χ0n) is 30.4. The molecule has 0 amide bonds. The summed E-state index contributed by atoms with van der Waals surface area (Å²) in [6, 6.07) is 70.7. The highest BCUT2D eigenvalue weighted by molar-refractivity contribution is 6.32. The Balaban J connectivity index is 1.34. The molecular formula is C54H32N2. The highest BCUT2D eigenvalue weighted by Gasteiger charge is 2.21. The van der Waals surface area contributed by atoms with E-state index in [0.29, 0.717) is 11.3 Å². The third-order valence-electron chi connectivity index (χ3n) is 11.0. The number of hydrogen-bond donors (Lipinski definition) is 0. The average Bonchev–Trinajstić information content (AvgIpc) is 3.28. The second-order valence-corrected chi connectivity index (χ2v) is 14.3. The van der Waals surface area contributed by atoms with Gasteiger partial charge < -0.3 is 0 Å². The van der Waals surface area contributed by atoms with Crippen molar-refractivity contribution in [2.75, 3.05) is 0 Å². The van der Waals surface area contributed by atoms with Crippen molar-refractivity contribution in [3.63, 3.8) is 0 Å². The second-order valence-electron chi connectivity index (χ2n) is 14.3. The zero-order chi connectivity index (χ0) is 37.6. The van der Waals surface area contributed by atoms with Crippen molar-refractivity contribution in [3.8, 4) is 72.8 Å². The number of nitrogens with zero attached hydrogens (tertiary/aromatic N) is 2. The number of rotatable bonds is 6. The molecule has 258 valence electrons. The summed E-state index contributed by atoms with van der Waals surface area (Å²) in [5.41, 5.74) is 14.6. The topological polar surface area (TPSA) is 28.1 Å². The fourth-order valence-corrected chi connectivity index (χ4v) is 8.44. The summed E-state index contributed by atoms with van der Waals surface area (Å²) in [6.45, 7) is 7.83. The van der Waals surface area contributed by atoms with E-state index in [1.807, 2.05) is 42.5 Å². The monoisotopic (exact) mass is 708 g/mol. The molecule has 0 spiro atoms.